The largest absolute Gasteiger partial charge is 0.483 e. The fourth-order valence-corrected chi connectivity index (χ4v) is 2.07. The number of hydrogen-bond donors (Lipinski definition) is 0. The van der Waals surface area contributed by atoms with Crippen molar-refractivity contribution in [3.63, 3.8) is 0 Å². The van der Waals surface area contributed by atoms with Gasteiger partial charge in [-0.1, -0.05) is 22.0 Å². The maximum Gasteiger partial charge on any atom is 0.200 e. The predicted octanol–water partition coefficient (Wildman–Crippen LogP) is 4.21. The quantitative estimate of drug-likeness (QED) is 0.585. The Bertz CT molecular complexity index is 418. The second kappa shape index (κ2) is 4.95. The van der Waals surface area contributed by atoms with Crippen molar-refractivity contribution in [1.82, 2.24) is 0 Å². The minimum absolute atomic E-state index is 0.0385. The first-order chi connectivity index (χ1) is 7.66. The van der Waals surface area contributed by atoms with Crippen LogP contribution in [0.3, 0.4) is 0 Å². The van der Waals surface area contributed by atoms with Crippen LogP contribution in [0.15, 0.2) is 28.8 Å². The van der Waals surface area contributed by atoms with Crippen LogP contribution >= 0.6 is 15.9 Å². The molecule has 0 saturated heterocycles. The highest BCUT2D eigenvalue weighted by Crippen LogP contribution is 2.27. The molecule has 16 heavy (non-hydrogen) atoms. The van der Waals surface area contributed by atoms with Gasteiger partial charge < -0.3 is 4.74 Å². The standard InChI is InChI=1S/C12H11BrF2O/c13-8-6-10(14)12(15)11(7-8)16-9-4-2-1-3-5-9/h2,4,6-7,9H,1,3,5H2. The molecule has 0 aliphatic heterocycles. The van der Waals surface area contributed by atoms with Gasteiger partial charge in [0, 0.05) is 4.47 Å². The van der Waals surface area contributed by atoms with Crippen LogP contribution < -0.4 is 4.74 Å². The molecule has 0 spiro atoms. The monoisotopic (exact) mass is 288 g/mol. The summed E-state index contributed by atoms with van der Waals surface area (Å²) in [5, 5.41) is 0. The lowest BCUT2D eigenvalue weighted by molar-refractivity contribution is 0.217. The van der Waals surface area contributed by atoms with Crippen molar-refractivity contribution in [1.29, 1.82) is 0 Å². The average molecular weight is 289 g/mol. The molecule has 0 bridgehead atoms. The van der Waals surface area contributed by atoms with Crippen molar-refractivity contribution < 1.29 is 13.5 Å². The summed E-state index contributed by atoms with van der Waals surface area (Å²) in [6.45, 7) is 0. The highest BCUT2D eigenvalue weighted by Gasteiger charge is 2.16. The Morgan fingerprint density at radius 3 is 2.81 bits per heavy atom. The highest BCUT2D eigenvalue weighted by molar-refractivity contribution is 9.10. The van der Waals surface area contributed by atoms with Gasteiger partial charge >= 0.3 is 0 Å². The van der Waals surface area contributed by atoms with Crippen LogP contribution in [0.25, 0.3) is 0 Å². The van der Waals surface area contributed by atoms with Crippen molar-refractivity contribution in [3.05, 3.63) is 40.4 Å². The molecule has 2 rings (SSSR count). The fraction of sp³-hybridized carbons (Fsp3) is 0.333. The summed E-state index contributed by atoms with van der Waals surface area (Å²) < 4.78 is 32.4. The second-order valence-corrected chi connectivity index (χ2v) is 4.63. The summed E-state index contributed by atoms with van der Waals surface area (Å²) in [6.07, 6.45) is 6.61. The van der Waals surface area contributed by atoms with Crippen molar-refractivity contribution in [3.8, 4) is 5.75 Å². The van der Waals surface area contributed by atoms with Gasteiger partial charge in [0.2, 0.25) is 5.82 Å². The molecule has 1 aromatic carbocycles. The molecule has 1 aliphatic rings. The zero-order valence-corrected chi connectivity index (χ0v) is 10.1. The van der Waals surface area contributed by atoms with Crippen LogP contribution in [-0.2, 0) is 0 Å². The summed E-state index contributed by atoms with van der Waals surface area (Å²) in [5.41, 5.74) is 0. The minimum atomic E-state index is -0.929. The van der Waals surface area contributed by atoms with Crippen LogP contribution in [0, 0.1) is 11.6 Å². The Morgan fingerprint density at radius 2 is 2.12 bits per heavy atom. The Labute approximate surface area is 101 Å². The molecule has 1 atom stereocenters. The van der Waals surface area contributed by atoms with Crippen LogP contribution in [0.2, 0.25) is 0 Å². The van der Waals surface area contributed by atoms with E-state index in [-0.39, 0.29) is 11.9 Å². The third-order valence-corrected chi connectivity index (χ3v) is 2.91. The van der Waals surface area contributed by atoms with E-state index in [2.05, 4.69) is 15.9 Å². The molecule has 1 aliphatic carbocycles. The van der Waals surface area contributed by atoms with E-state index >= 15 is 0 Å². The molecule has 4 heteroatoms. The van der Waals surface area contributed by atoms with Gasteiger partial charge in [-0.3, -0.25) is 0 Å². The van der Waals surface area contributed by atoms with Crippen molar-refractivity contribution in [2.45, 2.75) is 25.4 Å². The third kappa shape index (κ3) is 2.61. The normalized spacial score (nSPS) is 19.8. The summed E-state index contributed by atoms with van der Waals surface area (Å²) in [6, 6.07) is 2.53. The molecule has 0 aromatic heterocycles. The second-order valence-electron chi connectivity index (χ2n) is 3.72. The minimum Gasteiger partial charge on any atom is -0.483 e. The SMILES string of the molecule is Fc1cc(Br)cc(OC2C=CCCC2)c1F. The van der Waals surface area contributed by atoms with Crippen LogP contribution in [0.1, 0.15) is 19.3 Å². The Kier molecular flexibility index (Phi) is 3.59. The number of hydrogen-bond acceptors (Lipinski definition) is 1. The van der Waals surface area contributed by atoms with E-state index in [1.807, 2.05) is 12.2 Å². The number of rotatable bonds is 2. The van der Waals surface area contributed by atoms with Crippen LogP contribution in [0.4, 0.5) is 8.78 Å². The summed E-state index contributed by atoms with van der Waals surface area (Å²) >= 11 is 3.11. The van der Waals surface area contributed by atoms with E-state index in [4.69, 9.17) is 4.74 Å². The smallest absolute Gasteiger partial charge is 0.200 e. The molecule has 86 valence electrons. The zero-order valence-electron chi connectivity index (χ0n) is 8.55. The molecule has 0 N–H and O–H groups in total. The molecule has 0 radical (unpaired) electrons. The molecule has 0 amide bonds. The van der Waals surface area contributed by atoms with Gasteiger partial charge in [-0.25, -0.2) is 4.39 Å². The zero-order chi connectivity index (χ0) is 11.5. The van der Waals surface area contributed by atoms with Crippen LogP contribution in [-0.4, -0.2) is 6.10 Å². The van der Waals surface area contributed by atoms with Gasteiger partial charge in [0.15, 0.2) is 11.6 Å². The molecule has 0 heterocycles. The number of ether oxygens (including phenoxy) is 1. The molecular weight excluding hydrogens is 278 g/mol. The van der Waals surface area contributed by atoms with Crippen LogP contribution in [0.5, 0.6) is 5.75 Å². The molecular formula is C12H11BrF2O. The van der Waals surface area contributed by atoms with Gasteiger partial charge in [0.25, 0.3) is 0 Å². The van der Waals surface area contributed by atoms with E-state index in [1.54, 1.807) is 0 Å². The van der Waals surface area contributed by atoms with Crippen molar-refractivity contribution >= 4 is 15.9 Å². The van der Waals surface area contributed by atoms with Gasteiger partial charge in [0.1, 0.15) is 6.10 Å². The first-order valence-corrected chi connectivity index (χ1v) is 5.94. The summed E-state index contributed by atoms with van der Waals surface area (Å²) in [4.78, 5) is 0. The van der Waals surface area contributed by atoms with E-state index in [9.17, 15) is 8.78 Å². The Hall–Kier alpha value is -0.900. The topological polar surface area (TPSA) is 9.23 Å². The maximum atomic E-state index is 13.4. The highest BCUT2D eigenvalue weighted by atomic mass is 79.9. The number of halogens is 3. The van der Waals surface area contributed by atoms with Gasteiger partial charge in [-0.2, -0.15) is 4.39 Å². The fourth-order valence-electron chi connectivity index (χ4n) is 1.66. The number of allylic oxidation sites excluding steroid dienone is 1. The predicted molar refractivity (Wildman–Crippen MR) is 61.5 cm³/mol. The summed E-state index contributed by atoms with van der Waals surface area (Å²) in [7, 11) is 0. The Morgan fingerprint density at radius 1 is 1.31 bits per heavy atom. The van der Waals surface area contributed by atoms with Crippen molar-refractivity contribution in [2.75, 3.05) is 0 Å². The summed E-state index contributed by atoms with van der Waals surface area (Å²) in [5.74, 6) is -1.87. The first-order valence-electron chi connectivity index (χ1n) is 5.14. The molecule has 0 saturated carbocycles. The lowest BCUT2D eigenvalue weighted by Gasteiger charge is -2.19. The Balaban J connectivity index is 2.20. The van der Waals surface area contributed by atoms with Gasteiger partial charge in [0.05, 0.1) is 0 Å². The van der Waals surface area contributed by atoms with E-state index in [1.165, 1.54) is 6.07 Å². The maximum absolute atomic E-state index is 13.4. The molecule has 1 nitrogen and oxygen atoms in total. The van der Waals surface area contributed by atoms with E-state index in [0.717, 1.165) is 25.3 Å². The molecule has 1 unspecified atom stereocenters. The molecule has 0 fully saturated rings. The van der Waals surface area contributed by atoms with Crippen molar-refractivity contribution in [2.24, 2.45) is 0 Å². The van der Waals surface area contributed by atoms with E-state index < -0.39 is 11.6 Å². The van der Waals surface area contributed by atoms with Gasteiger partial charge in [-0.15, -0.1) is 0 Å². The lowest BCUT2D eigenvalue weighted by atomic mass is 10.1. The average Bonchev–Trinajstić information content (AvgIpc) is 2.27. The lowest BCUT2D eigenvalue weighted by Crippen LogP contribution is -2.16. The molecule has 1 aromatic rings. The van der Waals surface area contributed by atoms with E-state index in [0.29, 0.717) is 4.47 Å². The third-order valence-electron chi connectivity index (χ3n) is 2.45. The number of benzene rings is 1. The van der Waals surface area contributed by atoms with Gasteiger partial charge in [-0.05, 0) is 37.5 Å². The first kappa shape index (κ1) is 11.6.